The molecule has 0 amide bonds. The zero-order valence-corrected chi connectivity index (χ0v) is 9.29. The molecule has 9 nitrogen and oxygen atoms in total. The van der Waals surface area contributed by atoms with E-state index in [1.807, 2.05) is 0 Å². The molecule has 9 heteroatoms. The van der Waals surface area contributed by atoms with Crippen LogP contribution in [0.4, 0.5) is 0 Å². The van der Waals surface area contributed by atoms with E-state index in [0.29, 0.717) is 0 Å². The Morgan fingerprint density at radius 1 is 1.17 bits per heavy atom. The fourth-order valence-corrected chi connectivity index (χ4v) is 1.52. The van der Waals surface area contributed by atoms with E-state index in [2.05, 4.69) is 0 Å². The maximum Gasteiger partial charge on any atom is 0.335 e. The molecular formula is C9H16O9. The van der Waals surface area contributed by atoms with Gasteiger partial charge >= 0.3 is 5.97 Å². The van der Waals surface area contributed by atoms with Gasteiger partial charge in [-0.2, -0.15) is 0 Å². The fourth-order valence-electron chi connectivity index (χ4n) is 1.52. The van der Waals surface area contributed by atoms with Crippen LogP contribution in [0.15, 0.2) is 0 Å². The zero-order valence-electron chi connectivity index (χ0n) is 9.29. The summed E-state index contributed by atoms with van der Waals surface area (Å²) in [6, 6.07) is 0. The molecule has 1 rings (SSSR count). The summed E-state index contributed by atoms with van der Waals surface area (Å²) in [5, 5.41) is 54.7. The van der Waals surface area contributed by atoms with Crippen LogP contribution in [0.3, 0.4) is 0 Å². The molecule has 0 bridgehead atoms. The average molecular weight is 268 g/mol. The lowest BCUT2D eigenvalue weighted by Gasteiger charge is -2.40. The first-order valence-electron chi connectivity index (χ1n) is 5.22. The van der Waals surface area contributed by atoms with Gasteiger partial charge in [0.05, 0.1) is 13.2 Å². The second-order valence-electron chi connectivity index (χ2n) is 3.84. The number of rotatable bonds is 5. The summed E-state index contributed by atoms with van der Waals surface area (Å²) in [6.45, 7) is -1.51. The lowest BCUT2D eigenvalue weighted by molar-refractivity contribution is -0.311. The van der Waals surface area contributed by atoms with Crippen LogP contribution in [0, 0.1) is 0 Å². The molecule has 0 aliphatic carbocycles. The normalized spacial score (nSPS) is 38.4. The van der Waals surface area contributed by atoms with Crippen molar-refractivity contribution in [2.45, 2.75) is 36.8 Å². The summed E-state index contributed by atoms with van der Waals surface area (Å²) in [7, 11) is 0. The van der Waals surface area contributed by atoms with Gasteiger partial charge in [-0.05, 0) is 0 Å². The van der Waals surface area contributed by atoms with E-state index in [-0.39, 0.29) is 0 Å². The molecule has 1 heterocycles. The van der Waals surface area contributed by atoms with E-state index in [1.165, 1.54) is 0 Å². The minimum atomic E-state index is -1.70. The predicted octanol–water partition coefficient (Wildman–Crippen LogP) is -3.75. The molecule has 0 spiro atoms. The van der Waals surface area contributed by atoms with Gasteiger partial charge in [0.25, 0.3) is 0 Å². The van der Waals surface area contributed by atoms with Crippen LogP contribution in [-0.4, -0.2) is 86.6 Å². The Balaban J connectivity index is 2.72. The number of aliphatic hydroxyl groups excluding tert-OH is 5. The highest BCUT2D eigenvalue weighted by Gasteiger charge is 2.45. The van der Waals surface area contributed by atoms with Crippen LogP contribution in [0.1, 0.15) is 0 Å². The molecule has 0 unspecified atom stereocenters. The molecule has 1 aliphatic rings. The smallest absolute Gasteiger partial charge is 0.335 e. The van der Waals surface area contributed by atoms with Crippen molar-refractivity contribution in [2.24, 2.45) is 0 Å². The predicted molar refractivity (Wildman–Crippen MR) is 53.4 cm³/mol. The maximum atomic E-state index is 10.6. The number of carboxylic acid groups (broad SMARTS) is 1. The van der Waals surface area contributed by atoms with Crippen molar-refractivity contribution in [2.75, 3.05) is 13.2 Å². The first-order valence-corrected chi connectivity index (χ1v) is 5.22. The first-order chi connectivity index (χ1) is 8.42. The number of aliphatic carboxylic acids is 1. The summed E-state index contributed by atoms with van der Waals surface area (Å²) in [6.07, 6.45) is -9.32. The summed E-state index contributed by atoms with van der Waals surface area (Å²) in [4.78, 5) is 10.6. The Morgan fingerprint density at radius 2 is 1.78 bits per heavy atom. The van der Waals surface area contributed by atoms with Gasteiger partial charge in [-0.3, -0.25) is 0 Å². The summed E-state index contributed by atoms with van der Waals surface area (Å²) in [5.74, 6) is -1.48. The van der Waals surface area contributed by atoms with Crippen molar-refractivity contribution < 1.29 is 44.9 Å². The molecule has 18 heavy (non-hydrogen) atoms. The van der Waals surface area contributed by atoms with Crippen LogP contribution < -0.4 is 0 Å². The molecule has 1 fully saturated rings. The molecule has 0 aromatic carbocycles. The number of aliphatic hydroxyl groups is 5. The fraction of sp³-hybridized carbons (Fsp3) is 0.889. The van der Waals surface area contributed by atoms with Crippen molar-refractivity contribution in [3.63, 3.8) is 0 Å². The van der Waals surface area contributed by atoms with E-state index in [4.69, 9.17) is 24.8 Å². The number of ether oxygens (including phenoxy) is 2. The molecule has 0 aromatic rings. The van der Waals surface area contributed by atoms with Gasteiger partial charge in [-0.25, -0.2) is 4.79 Å². The van der Waals surface area contributed by atoms with Crippen molar-refractivity contribution in [1.82, 2.24) is 0 Å². The van der Waals surface area contributed by atoms with Gasteiger partial charge < -0.3 is 40.1 Å². The number of hydrogen-bond donors (Lipinski definition) is 6. The Morgan fingerprint density at radius 3 is 2.22 bits per heavy atom. The quantitative estimate of drug-likeness (QED) is 0.294. The van der Waals surface area contributed by atoms with Gasteiger partial charge in [-0.15, -0.1) is 0 Å². The highest BCUT2D eigenvalue weighted by atomic mass is 16.7. The van der Waals surface area contributed by atoms with Crippen LogP contribution in [0.5, 0.6) is 0 Å². The Bertz CT molecular complexity index is 281. The second kappa shape index (κ2) is 6.38. The monoisotopic (exact) mass is 268 g/mol. The summed E-state index contributed by atoms with van der Waals surface area (Å²) in [5.41, 5.74) is 0. The highest BCUT2D eigenvalue weighted by molar-refractivity contribution is 5.72. The van der Waals surface area contributed by atoms with Crippen molar-refractivity contribution in [3.05, 3.63) is 0 Å². The molecular weight excluding hydrogens is 252 g/mol. The van der Waals surface area contributed by atoms with Crippen LogP contribution in [0.2, 0.25) is 0 Å². The zero-order chi connectivity index (χ0) is 13.9. The van der Waals surface area contributed by atoms with E-state index in [9.17, 15) is 20.1 Å². The van der Waals surface area contributed by atoms with Crippen molar-refractivity contribution in [1.29, 1.82) is 0 Å². The minimum Gasteiger partial charge on any atom is -0.479 e. The molecule has 0 saturated carbocycles. The minimum absolute atomic E-state index is 0.651. The molecule has 0 radical (unpaired) electrons. The second-order valence-corrected chi connectivity index (χ2v) is 3.84. The largest absolute Gasteiger partial charge is 0.479 e. The standard InChI is InChI=1S/C9H16O9/c10-1-3-5(12)6(13)7(14)9(17-3)18-4(2-11)8(15)16/h3-7,9-14H,1-2H2,(H,15,16)/t3-,4-,5-,6+,7+,9+/m1/s1. The van der Waals surface area contributed by atoms with Crippen molar-refractivity contribution in [3.8, 4) is 0 Å². The molecule has 6 atom stereocenters. The number of carboxylic acids is 1. The Kier molecular flexibility index (Phi) is 5.41. The van der Waals surface area contributed by atoms with Gasteiger partial charge in [0.2, 0.25) is 0 Å². The van der Waals surface area contributed by atoms with Crippen molar-refractivity contribution >= 4 is 5.97 Å². The Hall–Kier alpha value is -0.810. The lowest BCUT2D eigenvalue weighted by Crippen LogP contribution is -2.60. The average Bonchev–Trinajstić information content (AvgIpc) is 2.35. The SMILES string of the molecule is O=C(O)[C@@H](CO)O[C@@H]1O[C@H](CO)[C@@H](O)[C@H](O)[C@@H]1O. The first kappa shape index (κ1) is 15.2. The summed E-state index contributed by atoms with van der Waals surface area (Å²) >= 11 is 0. The van der Waals surface area contributed by atoms with E-state index in [1.54, 1.807) is 0 Å². The molecule has 0 aromatic heterocycles. The topological polar surface area (TPSA) is 157 Å². The van der Waals surface area contributed by atoms with Crippen LogP contribution in [-0.2, 0) is 14.3 Å². The molecule has 6 N–H and O–H groups in total. The molecule has 1 saturated heterocycles. The molecule has 1 aliphatic heterocycles. The molecule has 106 valence electrons. The van der Waals surface area contributed by atoms with Gasteiger partial charge in [-0.1, -0.05) is 0 Å². The van der Waals surface area contributed by atoms with Gasteiger partial charge in [0.1, 0.15) is 24.4 Å². The van der Waals surface area contributed by atoms with E-state index in [0.717, 1.165) is 0 Å². The third-order valence-electron chi connectivity index (χ3n) is 2.59. The maximum absolute atomic E-state index is 10.6. The van der Waals surface area contributed by atoms with E-state index < -0.39 is 56.0 Å². The van der Waals surface area contributed by atoms with E-state index >= 15 is 0 Å². The number of hydrogen-bond acceptors (Lipinski definition) is 8. The third kappa shape index (κ3) is 3.14. The number of carbonyl (C=O) groups is 1. The highest BCUT2D eigenvalue weighted by Crippen LogP contribution is 2.22. The van der Waals surface area contributed by atoms with Crippen LogP contribution >= 0.6 is 0 Å². The van der Waals surface area contributed by atoms with Crippen LogP contribution in [0.25, 0.3) is 0 Å². The van der Waals surface area contributed by atoms with Gasteiger partial charge in [0, 0.05) is 0 Å². The summed E-state index contributed by atoms with van der Waals surface area (Å²) < 4.78 is 9.67. The Labute approximate surface area is 102 Å². The third-order valence-corrected chi connectivity index (χ3v) is 2.59. The van der Waals surface area contributed by atoms with Gasteiger partial charge in [0.15, 0.2) is 12.4 Å². The lowest BCUT2D eigenvalue weighted by atomic mass is 9.99.